The lowest BCUT2D eigenvalue weighted by Crippen LogP contribution is -2.25. The Morgan fingerprint density at radius 1 is 1.26 bits per heavy atom. The fourth-order valence-electron chi connectivity index (χ4n) is 2.69. The molecule has 1 aromatic heterocycles. The summed E-state index contributed by atoms with van der Waals surface area (Å²) in [6.45, 7) is 0.603. The second-order valence-corrected chi connectivity index (χ2v) is 7.93. The predicted octanol–water partition coefficient (Wildman–Crippen LogP) is 3.08. The van der Waals surface area contributed by atoms with Crippen molar-refractivity contribution < 1.29 is 13.2 Å². The van der Waals surface area contributed by atoms with Crippen LogP contribution in [0.25, 0.3) is 0 Å². The van der Waals surface area contributed by atoms with E-state index in [1.807, 2.05) is 24.3 Å². The van der Waals surface area contributed by atoms with Gasteiger partial charge in [-0.05, 0) is 36.2 Å². The smallest absolute Gasteiger partial charge is 0.179 e. The van der Waals surface area contributed by atoms with Gasteiger partial charge in [0, 0.05) is 24.1 Å². The Hall–Kier alpha value is -1.63. The second kappa shape index (κ2) is 6.47. The Bertz CT molecular complexity index is 793. The highest BCUT2D eigenvalue weighted by atomic mass is 35.5. The number of ether oxygens (including phenoxy) is 1. The van der Waals surface area contributed by atoms with Gasteiger partial charge < -0.3 is 10.1 Å². The summed E-state index contributed by atoms with van der Waals surface area (Å²) >= 11 is 5.92. The van der Waals surface area contributed by atoms with Crippen LogP contribution in [0.3, 0.4) is 0 Å². The number of nitrogens with one attached hydrogen (secondary N) is 1. The molecule has 0 spiro atoms. The van der Waals surface area contributed by atoms with Gasteiger partial charge in [0.1, 0.15) is 16.8 Å². The quantitative estimate of drug-likeness (QED) is 0.915. The molecule has 0 saturated carbocycles. The van der Waals surface area contributed by atoms with Crippen molar-refractivity contribution in [3.63, 3.8) is 0 Å². The summed E-state index contributed by atoms with van der Waals surface area (Å²) in [4.78, 5) is 4.38. The zero-order valence-corrected chi connectivity index (χ0v) is 14.1. The second-order valence-electron chi connectivity index (χ2n) is 5.50. The summed E-state index contributed by atoms with van der Waals surface area (Å²) < 4.78 is 29.6. The number of anilines is 1. The lowest BCUT2D eigenvalue weighted by atomic mass is 10.0. The first-order valence-corrected chi connectivity index (χ1v) is 9.51. The van der Waals surface area contributed by atoms with Crippen LogP contribution >= 0.6 is 11.6 Å². The van der Waals surface area contributed by atoms with Crippen LogP contribution in [0.1, 0.15) is 18.1 Å². The van der Waals surface area contributed by atoms with Crippen molar-refractivity contribution in [1.29, 1.82) is 0 Å². The minimum absolute atomic E-state index is 0.0495. The van der Waals surface area contributed by atoms with E-state index >= 15 is 0 Å². The molecule has 0 aliphatic carbocycles. The number of halogens is 1. The third-order valence-corrected chi connectivity index (χ3v) is 5.16. The largest absolute Gasteiger partial charge is 0.371 e. The van der Waals surface area contributed by atoms with Crippen molar-refractivity contribution in [3.05, 3.63) is 53.2 Å². The van der Waals surface area contributed by atoms with Crippen molar-refractivity contribution in [1.82, 2.24) is 4.98 Å². The predicted molar refractivity (Wildman–Crippen MR) is 89.5 cm³/mol. The summed E-state index contributed by atoms with van der Waals surface area (Å²) in [5.41, 5.74) is 1.00. The number of aromatic nitrogens is 1. The third kappa shape index (κ3) is 3.65. The Morgan fingerprint density at radius 2 is 2.00 bits per heavy atom. The molecule has 1 aliphatic rings. The van der Waals surface area contributed by atoms with Gasteiger partial charge in [-0.15, -0.1) is 0 Å². The maximum Gasteiger partial charge on any atom is 0.179 e. The number of pyridine rings is 1. The molecule has 0 bridgehead atoms. The minimum atomic E-state index is -3.35. The molecule has 2 unspecified atom stereocenters. The van der Waals surface area contributed by atoms with Gasteiger partial charge in [-0.2, -0.15) is 0 Å². The summed E-state index contributed by atoms with van der Waals surface area (Å²) in [5.74, 6) is 0.365. The Morgan fingerprint density at radius 3 is 2.70 bits per heavy atom. The van der Waals surface area contributed by atoms with E-state index < -0.39 is 9.84 Å². The highest BCUT2D eigenvalue weighted by molar-refractivity contribution is 7.90. The van der Waals surface area contributed by atoms with E-state index in [-0.39, 0.29) is 17.0 Å². The zero-order chi connectivity index (χ0) is 16.4. The van der Waals surface area contributed by atoms with Crippen molar-refractivity contribution >= 4 is 27.3 Å². The lowest BCUT2D eigenvalue weighted by Gasteiger charge is -2.21. The van der Waals surface area contributed by atoms with Crippen LogP contribution in [-0.2, 0) is 14.6 Å². The van der Waals surface area contributed by atoms with Crippen molar-refractivity contribution in [2.45, 2.75) is 23.5 Å². The van der Waals surface area contributed by atoms with E-state index in [2.05, 4.69) is 10.3 Å². The normalized spacial score (nSPS) is 21.3. The van der Waals surface area contributed by atoms with Gasteiger partial charge in [-0.25, -0.2) is 13.4 Å². The van der Waals surface area contributed by atoms with Crippen LogP contribution in [0.4, 0.5) is 5.82 Å². The molecule has 1 N–H and O–H groups in total. The summed E-state index contributed by atoms with van der Waals surface area (Å²) in [7, 11) is -3.35. The fraction of sp³-hybridized carbons (Fsp3) is 0.312. The average Bonchev–Trinajstić information content (AvgIpc) is 2.96. The maximum absolute atomic E-state index is 11.9. The number of sulfone groups is 1. The molecule has 1 saturated heterocycles. The van der Waals surface area contributed by atoms with Crippen molar-refractivity contribution in [2.75, 3.05) is 18.2 Å². The van der Waals surface area contributed by atoms with Gasteiger partial charge in [0.2, 0.25) is 0 Å². The topological polar surface area (TPSA) is 68.3 Å². The van der Waals surface area contributed by atoms with Gasteiger partial charge in [-0.1, -0.05) is 23.7 Å². The van der Waals surface area contributed by atoms with Gasteiger partial charge >= 0.3 is 0 Å². The summed E-state index contributed by atoms with van der Waals surface area (Å²) in [6, 6.07) is 10.6. The van der Waals surface area contributed by atoms with Crippen LogP contribution in [0, 0.1) is 0 Å². The monoisotopic (exact) mass is 352 g/mol. The van der Waals surface area contributed by atoms with E-state index in [4.69, 9.17) is 16.3 Å². The highest BCUT2D eigenvalue weighted by Gasteiger charge is 2.31. The van der Waals surface area contributed by atoms with Crippen molar-refractivity contribution in [2.24, 2.45) is 0 Å². The Kier molecular flexibility index (Phi) is 4.57. The standard InChI is InChI=1S/C16H17ClN2O3S/c1-23(20,21)14-3-2-9-18-16(14)19-13-8-10-22-15(13)11-4-6-12(17)7-5-11/h2-7,9,13,15H,8,10H2,1H3,(H,18,19). The first-order chi connectivity index (χ1) is 10.9. The third-order valence-electron chi connectivity index (χ3n) is 3.78. The lowest BCUT2D eigenvalue weighted by molar-refractivity contribution is 0.107. The minimum Gasteiger partial charge on any atom is -0.371 e. The molecular weight excluding hydrogens is 336 g/mol. The number of rotatable bonds is 4. The molecule has 5 nitrogen and oxygen atoms in total. The zero-order valence-electron chi connectivity index (χ0n) is 12.6. The molecule has 0 radical (unpaired) electrons. The Balaban J connectivity index is 1.87. The van der Waals surface area contributed by atoms with Gasteiger partial charge in [0.25, 0.3) is 0 Å². The van der Waals surface area contributed by atoms with Gasteiger partial charge in [-0.3, -0.25) is 0 Å². The highest BCUT2D eigenvalue weighted by Crippen LogP contribution is 2.33. The van der Waals surface area contributed by atoms with Crippen LogP contribution < -0.4 is 5.32 Å². The molecule has 2 aromatic rings. The van der Waals surface area contributed by atoms with E-state index in [1.165, 1.54) is 6.26 Å². The van der Waals surface area contributed by atoms with E-state index in [0.717, 1.165) is 12.0 Å². The molecule has 0 amide bonds. The summed E-state index contributed by atoms with van der Waals surface area (Å²) in [6.07, 6.45) is 3.36. The number of hydrogen-bond acceptors (Lipinski definition) is 5. The van der Waals surface area contributed by atoms with E-state index in [9.17, 15) is 8.42 Å². The van der Waals surface area contributed by atoms with E-state index in [1.54, 1.807) is 18.3 Å². The average molecular weight is 353 g/mol. The Labute approximate surface area is 140 Å². The first-order valence-electron chi connectivity index (χ1n) is 7.24. The van der Waals surface area contributed by atoms with Gasteiger partial charge in [0.15, 0.2) is 9.84 Å². The number of nitrogens with zero attached hydrogens (tertiary/aromatic N) is 1. The SMILES string of the molecule is CS(=O)(=O)c1cccnc1NC1CCOC1c1ccc(Cl)cc1. The molecule has 122 valence electrons. The molecular formula is C16H17ClN2O3S. The van der Waals surface area contributed by atoms with Crippen LogP contribution in [-0.4, -0.2) is 32.3 Å². The molecule has 23 heavy (non-hydrogen) atoms. The molecule has 7 heteroatoms. The van der Waals surface area contributed by atoms with Crippen LogP contribution in [0.5, 0.6) is 0 Å². The van der Waals surface area contributed by atoms with Crippen molar-refractivity contribution in [3.8, 4) is 0 Å². The number of hydrogen-bond donors (Lipinski definition) is 1. The number of benzene rings is 1. The molecule has 1 aromatic carbocycles. The fourth-order valence-corrected chi connectivity index (χ4v) is 3.61. The van der Waals surface area contributed by atoms with E-state index in [0.29, 0.717) is 17.4 Å². The molecule has 3 rings (SSSR count). The van der Waals surface area contributed by atoms with Crippen LogP contribution in [0.15, 0.2) is 47.5 Å². The van der Waals surface area contributed by atoms with Crippen LogP contribution in [0.2, 0.25) is 5.02 Å². The molecule has 1 fully saturated rings. The maximum atomic E-state index is 11.9. The molecule has 2 heterocycles. The first kappa shape index (κ1) is 16.2. The molecule has 1 aliphatic heterocycles. The van der Waals surface area contributed by atoms with Gasteiger partial charge in [0.05, 0.1) is 6.04 Å². The molecule has 2 atom stereocenters. The summed E-state index contributed by atoms with van der Waals surface area (Å²) in [5, 5.41) is 3.90.